The maximum atomic E-state index is 11.8. The lowest BCUT2D eigenvalue weighted by molar-refractivity contribution is -0.118. The van der Waals surface area contributed by atoms with Crippen molar-refractivity contribution in [1.82, 2.24) is 19.6 Å². The topological polar surface area (TPSA) is 84.2 Å². The van der Waals surface area contributed by atoms with Crippen molar-refractivity contribution in [2.75, 3.05) is 10.6 Å². The van der Waals surface area contributed by atoms with Crippen molar-refractivity contribution in [1.29, 1.82) is 0 Å². The van der Waals surface area contributed by atoms with Gasteiger partial charge in [-0.3, -0.25) is 4.79 Å². The molecular formula is C18H22N6O. The molecule has 3 rings (SSSR count). The number of hydrogen-bond acceptors (Lipinski definition) is 5. The first kappa shape index (κ1) is 16.9. The standard InChI is InChI=1S/C18H22N6O/c1-11(2)17(25)23-15-7-5-6-14(8-15)9-19-16-12(3)13(4)22-18-20-10-21-24(16)18/h5-8,10-11,19H,9H2,1-4H3,(H,23,25). The van der Waals surface area contributed by atoms with Gasteiger partial charge in [-0.2, -0.15) is 14.6 Å². The molecule has 2 aromatic heterocycles. The van der Waals surface area contributed by atoms with E-state index in [1.165, 1.54) is 6.33 Å². The Hall–Kier alpha value is -2.96. The van der Waals surface area contributed by atoms with Gasteiger partial charge in [0.25, 0.3) is 5.78 Å². The van der Waals surface area contributed by atoms with Gasteiger partial charge in [-0.25, -0.2) is 4.98 Å². The van der Waals surface area contributed by atoms with E-state index < -0.39 is 0 Å². The van der Waals surface area contributed by atoms with Gasteiger partial charge in [0.05, 0.1) is 0 Å². The molecule has 7 heteroatoms. The number of anilines is 2. The van der Waals surface area contributed by atoms with Crippen LogP contribution < -0.4 is 10.6 Å². The van der Waals surface area contributed by atoms with Crippen molar-refractivity contribution in [3.8, 4) is 0 Å². The Morgan fingerprint density at radius 2 is 2.08 bits per heavy atom. The minimum absolute atomic E-state index is 0.00929. The normalized spacial score (nSPS) is 11.1. The molecule has 0 aliphatic heterocycles. The van der Waals surface area contributed by atoms with Crippen molar-refractivity contribution >= 4 is 23.2 Å². The first-order valence-corrected chi connectivity index (χ1v) is 8.26. The summed E-state index contributed by atoms with van der Waals surface area (Å²) in [6.45, 7) is 8.31. The van der Waals surface area contributed by atoms with E-state index in [0.717, 1.165) is 28.3 Å². The molecule has 0 spiro atoms. The molecule has 0 fully saturated rings. The number of nitrogens with one attached hydrogen (secondary N) is 2. The Bertz CT molecular complexity index is 915. The highest BCUT2D eigenvalue weighted by Gasteiger charge is 2.11. The third kappa shape index (κ3) is 3.60. The SMILES string of the molecule is Cc1nc2ncnn2c(NCc2cccc(NC(=O)C(C)C)c2)c1C. The molecule has 0 radical (unpaired) electrons. The number of nitrogens with zero attached hydrogens (tertiary/aromatic N) is 4. The van der Waals surface area contributed by atoms with Crippen LogP contribution >= 0.6 is 0 Å². The summed E-state index contributed by atoms with van der Waals surface area (Å²) in [5.41, 5.74) is 3.80. The van der Waals surface area contributed by atoms with E-state index in [1.807, 2.05) is 52.0 Å². The molecule has 0 saturated carbocycles. The first-order valence-electron chi connectivity index (χ1n) is 8.26. The molecule has 1 aromatic carbocycles. The maximum Gasteiger partial charge on any atom is 0.254 e. The van der Waals surface area contributed by atoms with Gasteiger partial charge < -0.3 is 10.6 Å². The van der Waals surface area contributed by atoms with Gasteiger partial charge in [0.2, 0.25) is 5.91 Å². The van der Waals surface area contributed by atoms with Crippen LogP contribution in [0, 0.1) is 19.8 Å². The van der Waals surface area contributed by atoms with Gasteiger partial charge in [0.1, 0.15) is 12.1 Å². The molecule has 0 bridgehead atoms. The molecule has 0 unspecified atom stereocenters. The van der Waals surface area contributed by atoms with Crippen LogP contribution in [0.3, 0.4) is 0 Å². The number of fused-ring (bicyclic) bond motifs is 1. The number of rotatable bonds is 5. The number of benzene rings is 1. The summed E-state index contributed by atoms with van der Waals surface area (Å²) < 4.78 is 1.70. The van der Waals surface area contributed by atoms with E-state index in [-0.39, 0.29) is 11.8 Å². The zero-order valence-electron chi connectivity index (χ0n) is 14.9. The molecule has 130 valence electrons. The average Bonchev–Trinajstić information content (AvgIpc) is 3.03. The molecule has 1 amide bonds. The van der Waals surface area contributed by atoms with Crippen molar-refractivity contribution < 1.29 is 4.79 Å². The Balaban J connectivity index is 1.79. The van der Waals surface area contributed by atoms with Gasteiger partial charge in [-0.1, -0.05) is 26.0 Å². The van der Waals surface area contributed by atoms with E-state index in [4.69, 9.17) is 0 Å². The highest BCUT2D eigenvalue weighted by atomic mass is 16.1. The summed E-state index contributed by atoms with van der Waals surface area (Å²) in [5, 5.41) is 10.6. The van der Waals surface area contributed by atoms with E-state index in [9.17, 15) is 4.79 Å². The number of amides is 1. The first-order chi connectivity index (χ1) is 12.0. The number of aryl methyl sites for hydroxylation is 1. The number of hydrogen-bond donors (Lipinski definition) is 2. The fourth-order valence-electron chi connectivity index (χ4n) is 2.47. The lowest BCUT2D eigenvalue weighted by atomic mass is 10.1. The van der Waals surface area contributed by atoms with E-state index in [2.05, 4.69) is 25.7 Å². The van der Waals surface area contributed by atoms with Crippen LogP contribution in [-0.2, 0) is 11.3 Å². The van der Waals surface area contributed by atoms with Gasteiger partial charge >= 0.3 is 0 Å². The van der Waals surface area contributed by atoms with Crippen LogP contribution in [0.15, 0.2) is 30.6 Å². The van der Waals surface area contributed by atoms with Crippen LogP contribution in [0.25, 0.3) is 5.78 Å². The number of carbonyl (C=O) groups excluding carboxylic acids is 1. The summed E-state index contributed by atoms with van der Waals surface area (Å²) in [4.78, 5) is 20.4. The zero-order valence-corrected chi connectivity index (χ0v) is 14.9. The van der Waals surface area contributed by atoms with Crippen LogP contribution in [0.1, 0.15) is 30.7 Å². The fourth-order valence-corrected chi connectivity index (χ4v) is 2.47. The molecule has 0 atom stereocenters. The number of aromatic nitrogens is 4. The van der Waals surface area contributed by atoms with Crippen LogP contribution in [0.4, 0.5) is 11.5 Å². The van der Waals surface area contributed by atoms with Gasteiger partial charge in [-0.05, 0) is 31.5 Å². The fraction of sp³-hybridized carbons (Fsp3) is 0.333. The second-order valence-corrected chi connectivity index (χ2v) is 6.34. The van der Waals surface area contributed by atoms with Crippen molar-refractivity contribution in [3.05, 3.63) is 47.4 Å². The summed E-state index contributed by atoms with van der Waals surface area (Å²) >= 11 is 0. The predicted octanol–water partition coefficient (Wildman–Crippen LogP) is 2.95. The van der Waals surface area contributed by atoms with Crippen LogP contribution in [0.2, 0.25) is 0 Å². The summed E-state index contributed by atoms with van der Waals surface area (Å²) in [5.74, 6) is 1.40. The zero-order chi connectivity index (χ0) is 18.0. The molecule has 0 aliphatic rings. The second kappa shape index (κ2) is 6.88. The minimum Gasteiger partial charge on any atom is -0.366 e. The third-order valence-corrected chi connectivity index (χ3v) is 4.09. The predicted molar refractivity (Wildman–Crippen MR) is 97.5 cm³/mol. The van der Waals surface area contributed by atoms with Crippen molar-refractivity contribution in [2.45, 2.75) is 34.2 Å². The highest BCUT2D eigenvalue weighted by molar-refractivity contribution is 5.92. The average molecular weight is 338 g/mol. The van der Waals surface area contributed by atoms with Gasteiger partial charge in [0, 0.05) is 29.4 Å². The van der Waals surface area contributed by atoms with E-state index in [1.54, 1.807) is 4.52 Å². The van der Waals surface area contributed by atoms with Crippen molar-refractivity contribution in [3.63, 3.8) is 0 Å². The number of carbonyl (C=O) groups is 1. The Morgan fingerprint density at radius 1 is 1.28 bits per heavy atom. The molecule has 2 N–H and O–H groups in total. The lowest BCUT2D eigenvalue weighted by Crippen LogP contribution is -2.17. The Morgan fingerprint density at radius 3 is 2.84 bits per heavy atom. The molecule has 0 saturated heterocycles. The Labute approximate surface area is 146 Å². The van der Waals surface area contributed by atoms with Crippen LogP contribution in [-0.4, -0.2) is 25.5 Å². The maximum absolute atomic E-state index is 11.8. The lowest BCUT2D eigenvalue weighted by Gasteiger charge is -2.13. The summed E-state index contributed by atoms with van der Waals surface area (Å²) in [6.07, 6.45) is 1.49. The smallest absolute Gasteiger partial charge is 0.254 e. The van der Waals surface area contributed by atoms with Crippen molar-refractivity contribution in [2.24, 2.45) is 5.92 Å². The highest BCUT2D eigenvalue weighted by Crippen LogP contribution is 2.19. The van der Waals surface area contributed by atoms with Crippen LogP contribution in [0.5, 0.6) is 0 Å². The summed E-state index contributed by atoms with van der Waals surface area (Å²) in [7, 11) is 0. The molecule has 3 aromatic rings. The minimum atomic E-state index is -0.0511. The molecule has 2 heterocycles. The second-order valence-electron chi connectivity index (χ2n) is 6.34. The quantitative estimate of drug-likeness (QED) is 0.747. The van der Waals surface area contributed by atoms with Gasteiger partial charge in [-0.15, -0.1) is 0 Å². The van der Waals surface area contributed by atoms with E-state index in [0.29, 0.717) is 12.3 Å². The molecule has 0 aliphatic carbocycles. The third-order valence-electron chi connectivity index (χ3n) is 4.09. The molecular weight excluding hydrogens is 316 g/mol. The largest absolute Gasteiger partial charge is 0.366 e. The molecule has 25 heavy (non-hydrogen) atoms. The summed E-state index contributed by atoms with van der Waals surface area (Å²) in [6, 6.07) is 7.80. The van der Waals surface area contributed by atoms with E-state index >= 15 is 0 Å². The monoisotopic (exact) mass is 338 g/mol. The van der Waals surface area contributed by atoms with Gasteiger partial charge in [0.15, 0.2) is 0 Å². The Kier molecular flexibility index (Phi) is 4.65. The molecule has 7 nitrogen and oxygen atoms in total.